The predicted molar refractivity (Wildman–Crippen MR) is 205 cm³/mol. The molecule has 0 aliphatic heterocycles. The van der Waals surface area contributed by atoms with E-state index in [4.69, 9.17) is 28.7 Å². The average molecular weight is 730 g/mol. The Morgan fingerprint density at radius 2 is 0.943 bits per heavy atom. The summed E-state index contributed by atoms with van der Waals surface area (Å²) in [5.41, 5.74) is 34.3. The van der Waals surface area contributed by atoms with E-state index in [-0.39, 0.29) is 27.8 Å². The number of rotatable bonds is 9. The van der Waals surface area contributed by atoms with Gasteiger partial charge in [0.05, 0.1) is 45.2 Å². The minimum absolute atomic E-state index is 0.0115. The van der Waals surface area contributed by atoms with Gasteiger partial charge in [0.2, 0.25) is 0 Å². The molecule has 6 aromatic rings. The number of nitrogens with zero attached hydrogens (tertiary/aromatic N) is 8. The summed E-state index contributed by atoms with van der Waals surface area (Å²) >= 11 is 0. The highest BCUT2D eigenvalue weighted by molar-refractivity contribution is 7.86. The molecule has 0 amide bonds. The van der Waals surface area contributed by atoms with Crippen molar-refractivity contribution >= 4 is 94.8 Å². The van der Waals surface area contributed by atoms with E-state index in [9.17, 15) is 18.1 Å². The highest BCUT2D eigenvalue weighted by Crippen LogP contribution is 2.47. The molecule has 0 aromatic heterocycles. The van der Waals surface area contributed by atoms with Gasteiger partial charge in [-0.25, -0.2) is 0 Å². The zero-order valence-corrected chi connectivity index (χ0v) is 28.6. The molecule has 0 saturated heterocycles. The van der Waals surface area contributed by atoms with Crippen LogP contribution < -0.4 is 28.7 Å². The molecule has 6 rings (SSSR count). The van der Waals surface area contributed by atoms with Gasteiger partial charge in [-0.3, -0.25) is 4.55 Å². The van der Waals surface area contributed by atoms with Gasteiger partial charge < -0.3 is 33.8 Å². The number of nitrogen functional groups attached to an aromatic ring is 5. The van der Waals surface area contributed by atoms with E-state index in [0.29, 0.717) is 56.7 Å². The lowest BCUT2D eigenvalue weighted by Gasteiger charge is -2.13. The third-order valence-corrected chi connectivity index (χ3v) is 8.56. The van der Waals surface area contributed by atoms with Crippen molar-refractivity contribution in [3.63, 3.8) is 0 Å². The number of fused-ring (bicyclic) bond motifs is 1. The third-order valence-electron chi connectivity index (χ3n) is 7.70. The molecular formula is C35H31N13O4S. The monoisotopic (exact) mass is 729 g/mol. The Hall–Kier alpha value is -7.31. The van der Waals surface area contributed by atoms with Crippen molar-refractivity contribution in [2.24, 2.45) is 40.9 Å². The van der Waals surface area contributed by atoms with Crippen LogP contribution in [0.1, 0.15) is 5.56 Å². The molecule has 0 aliphatic rings. The number of phenolic OH excluding ortho intramolecular Hbond substituents is 1. The average Bonchev–Trinajstić information content (AvgIpc) is 3.10. The summed E-state index contributed by atoms with van der Waals surface area (Å²) in [7, 11) is -4.88. The van der Waals surface area contributed by atoms with Crippen LogP contribution in [0.25, 0.3) is 10.8 Å². The molecular weight excluding hydrogens is 699 g/mol. The van der Waals surface area contributed by atoms with Crippen molar-refractivity contribution in [3.8, 4) is 5.75 Å². The van der Waals surface area contributed by atoms with E-state index in [1.165, 1.54) is 12.1 Å². The maximum Gasteiger partial charge on any atom is 0.296 e. The standard InChI is InChI=1S/C35H31N13O4S/c1-18-14-19-15-30(53(50,51)52)34(48-44-25-10-6-23(7-11-25)42-46-29-13-3-21(37)17-27(29)39)35(49)31(19)32(40)33(18)47-43-24-8-4-22(5-9-24)41-45-28-12-2-20(36)16-26(28)38/h2-17,49H,36-40H2,1H3,(H,50,51,52). The van der Waals surface area contributed by atoms with E-state index in [1.54, 1.807) is 85.8 Å². The minimum Gasteiger partial charge on any atom is -0.505 e. The number of aryl methyl sites for hydroxylation is 1. The molecule has 266 valence electrons. The summed E-state index contributed by atoms with van der Waals surface area (Å²) in [6.45, 7) is 1.68. The molecule has 0 spiro atoms. The first-order valence-corrected chi connectivity index (χ1v) is 16.9. The zero-order valence-electron chi connectivity index (χ0n) is 27.8. The van der Waals surface area contributed by atoms with Gasteiger partial charge in [0.1, 0.15) is 27.6 Å². The van der Waals surface area contributed by atoms with Crippen LogP contribution in [-0.4, -0.2) is 18.1 Å². The lowest BCUT2D eigenvalue weighted by molar-refractivity contribution is 0.472. The maximum atomic E-state index is 12.4. The van der Waals surface area contributed by atoms with Crippen LogP contribution in [0.2, 0.25) is 0 Å². The lowest BCUT2D eigenvalue weighted by atomic mass is 10.0. The quantitative estimate of drug-likeness (QED) is 0.0422. The Bertz CT molecular complexity index is 2610. The molecule has 12 N–H and O–H groups in total. The van der Waals surface area contributed by atoms with Crippen molar-refractivity contribution in [1.82, 2.24) is 0 Å². The molecule has 0 heterocycles. The summed E-state index contributed by atoms with van der Waals surface area (Å²) in [5, 5.41) is 44.8. The maximum absolute atomic E-state index is 12.4. The van der Waals surface area contributed by atoms with Gasteiger partial charge in [-0.1, -0.05) is 0 Å². The Balaban J connectivity index is 1.27. The summed E-state index contributed by atoms with van der Waals surface area (Å²) in [4.78, 5) is -0.678. The smallest absolute Gasteiger partial charge is 0.296 e. The van der Waals surface area contributed by atoms with Crippen LogP contribution in [0.5, 0.6) is 5.75 Å². The largest absolute Gasteiger partial charge is 0.505 e. The van der Waals surface area contributed by atoms with Crippen molar-refractivity contribution in [3.05, 3.63) is 103 Å². The number of hydrogen-bond acceptors (Lipinski definition) is 16. The second-order valence-electron chi connectivity index (χ2n) is 11.6. The summed E-state index contributed by atoms with van der Waals surface area (Å²) in [5.74, 6) is -0.643. The Morgan fingerprint density at radius 1 is 0.528 bits per heavy atom. The van der Waals surface area contributed by atoms with Crippen LogP contribution in [0.3, 0.4) is 0 Å². The van der Waals surface area contributed by atoms with Crippen molar-refractivity contribution in [2.75, 3.05) is 28.7 Å². The predicted octanol–water partition coefficient (Wildman–Crippen LogP) is 9.67. The SMILES string of the molecule is Cc1cc2cc(S(=O)(=O)O)c(N=Nc3ccc(N=Nc4ccc(N)cc4N)cc3)c(O)c2c(N)c1N=Nc1ccc(N=Nc2ccc(N)cc2N)cc1. The summed E-state index contributed by atoms with van der Waals surface area (Å²) < 4.78 is 34.9. The summed E-state index contributed by atoms with van der Waals surface area (Å²) in [6.07, 6.45) is 0. The Kier molecular flexibility index (Phi) is 9.72. The fourth-order valence-corrected chi connectivity index (χ4v) is 5.71. The van der Waals surface area contributed by atoms with Gasteiger partial charge in [0.25, 0.3) is 10.1 Å². The van der Waals surface area contributed by atoms with Gasteiger partial charge in [0.15, 0.2) is 5.75 Å². The topological polar surface area (TPSA) is 304 Å². The van der Waals surface area contributed by atoms with E-state index in [2.05, 4.69) is 40.9 Å². The normalized spacial score (nSPS) is 12.3. The third kappa shape index (κ3) is 8.03. The molecule has 0 unspecified atom stereocenters. The fourth-order valence-electron chi connectivity index (χ4n) is 5.05. The number of anilines is 5. The number of nitrogens with two attached hydrogens (primary N) is 5. The number of aromatic hydroxyl groups is 1. The first-order valence-electron chi connectivity index (χ1n) is 15.5. The van der Waals surface area contributed by atoms with Crippen LogP contribution in [0.4, 0.5) is 73.9 Å². The lowest BCUT2D eigenvalue weighted by Crippen LogP contribution is -2.00. The molecule has 0 aliphatic carbocycles. The van der Waals surface area contributed by atoms with E-state index in [1.807, 2.05) is 0 Å². The second-order valence-corrected chi connectivity index (χ2v) is 13.0. The molecule has 0 bridgehead atoms. The molecule has 18 heteroatoms. The second kappa shape index (κ2) is 14.5. The van der Waals surface area contributed by atoms with Crippen molar-refractivity contribution in [1.29, 1.82) is 0 Å². The number of phenols is 1. The van der Waals surface area contributed by atoms with E-state index in [0.717, 1.165) is 6.07 Å². The highest BCUT2D eigenvalue weighted by Gasteiger charge is 2.24. The number of hydrogen-bond donors (Lipinski definition) is 7. The van der Waals surface area contributed by atoms with Crippen LogP contribution in [0.15, 0.2) is 143 Å². The minimum atomic E-state index is -4.88. The van der Waals surface area contributed by atoms with Crippen molar-refractivity contribution in [2.45, 2.75) is 11.8 Å². The molecule has 0 radical (unpaired) electrons. The van der Waals surface area contributed by atoms with Gasteiger partial charge in [0, 0.05) is 11.4 Å². The zero-order chi connectivity index (χ0) is 37.9. The first kappa shape index (κ1) is 35.5. The first-order chi connectivity index (χ1) is 25.3. The van der Waals surface area contributed by atoms with Crippen LogP contribution in [-0.2, 0) is 10.1 Å². The van der Waals surface area contributed by atoms with Gasteiger partial charge in [-0.15, -0.1) is 20.5 Å². The highest BCUT2D eigenvalue weighted by atomic mass is 32.2. The number of benzene rings is 6. The van der Waals surface area contributed by atoms with E-state index >= 15 is 0 Å². The fraction of sp³-hybridized carbons (Fsp3) is 0.0286. The van der Waals surface area contributed by atoms with Gasteiger partial charge in [-0.2, -0.15) is 28.9 Å². The molecule has 53 heavy (non-hydrogen) atoms. The van der Waals surface area contributed by atoms with Crippen LogP contribution in [0, 0.1) is 6.92 Å². The molecule has 6 aromatic carbocycles. The molecule has 0 saturated carbocycles. The van der Waals surface area contributed by atoms with Crippen LogP contribution >= 0.6 is 0 Å². The molecule has 0 atom stereocenters. The summed E-state index contributed by atoms with van der Waals surface area (Å²) in [6, 6.07) is 25.4. The van der Waals surface area contributed by atoms with E-state index < -0.39 is 26.5 Å². The van der Waals surface area contributed by atoms with Gasteiger partial charge in [-0.05, 0) is 115 Å². The Labute approximate surface area is 302 Å². The molecule has 17 nitrogen and oxygen atoms in total. The van der Waals surface area contributed by atoms with Gasteiger partial charge >= 0.3 is 0 Å². The molecule has 0 fully saturated rings. The number of azo groups is 4. The Morgan fingerprint density at radius 3 is 1.36 bits per heavy atom. The van der Waals surface area contributed by atoms with Crippen molar-refractivity contribution < 1.29 is 18.1 Å².